The Balaban J connectivity index is 2.24. The lowest BCUT2D eigenvalue weighted by Gasteiger charge is -2.29. The standard InChI is InChI=1S/C18H30N4O3/c1-13(2)6-8-21(4)18(24)14-12-15(23)22(10-11-25-5)16(14)17-19-7-9-20(17)3/h7,9,13-14,16H,6,8,10-12H2,1-5H3/t14-,16-/m0/s1. The van der Waals surface area contributed by atoms with Gasteiger partial charge in [0.1, 0.15) is 11.9 Å². The van der Waals surface area contributed by atoms with Gasteiger partial charge in [-0.3, -0.25) is 9.59 Å². The van der Waals surface area contributed by atoms with Crippen molar-refractivity contribution in [2.45, 2.75) is 32.7 Å². The third kappa shape index (κ3) is 4.39. The lowest BCUT2D eigenvalue weighted by atomic mass is 9.97. The molecule has 7 heteroatoms. The lowest BCUT2D eigenvalue weighted by molar-refractivity contribution is -0.135. The quantitative estimate of drug-likeness (QED) is 0.712. The fourth-order valence-corrected chi connectivity index (χ4v) is 3.29. The number of likely N-dealkylation sites (tertiary alicyclic amines) is 1. The summed E-state index contributed by atoms with van der Waals surface area (Å²) in [6.45, 7) is 5.89. The Kier molecular flexibility index (Phi) is 6.58. The SMILES string of the molecule is COCCN1C(=O)C[C@H](C(=O)N(C)CCC(C)C)[C@H]1c1nccn1C. The van der Waals surface area contributed by atoms with Gasteiger partial charge in [-0.2, -0.15) is 0 Å². The Morgan fingerprint density at radius 1 is 1.48 bits per heavy atom. The van der Waals surface area contributed by atoms with Crippen molar-refractivity contribution < 1.29 is 14.3 Å². The summed E-state index contributed by atoms with van der Waals surface area (Å²) >= 11 is 0. The van der Waals surface area contributed by atoms with Crippen LogP contribution in [-0.2, 0) is 21.4 Å². The molecule has 0 aliphatic carbocycles. The van der Waals surface area contributed by atoms with E-state index in [2.05, 4.69) is 18.8 Å². The largest absolute Gasteiger partial charge is 0.383 e. The number of imidazole rings is 1. The van der Waals surface area contributed by atoms with E-state index >= 15 is 0 Å². The number of rotatable bonds is 8. The van der Waals surface area contributed by atoms with Gasteiger partial charge in [-0.15, -0.1) is 0 Å². The van der Waals surface area contributed by atoms with Gasteiger partial charge in [0.2, 0.25) is 11.8 Å². The Hall–Kier alpha value is -1.89. The van der Waals surface area contributed by atoms with Crippen LogP contribution in [0.15, 0.2) is 12.4 Å². The molecule has 2 amide bonds. The summed E-state index contributed by atoms with van der Waals surface area (Å²) in [6.07, 6.45) is 4.72. The van der Waals surface area contributed by atoms with Gasteiger partial charge in [-0.1, -0.05) is 13.8 Å². The Bertz CT molecular complexity index is 599. The molecule has 1 aromatic rings. The molecule has 140 valence electrons. The van der Waals surface area contributed by atoms with Crippen LogP contribution >= 0.6 is 0 Å². The molecule has 2 atom stereocenters. The zero-order chi connectivity index (χ0) is 18.6. The van der Waals surface area contributed by atoms with Crippen LogP contribution in [-0.4, -0.2) is 65.0 Å². The number of amides is 2. The van der Waals surface area contributed by atoms with Crippen molar-refractivity contribution in [1.29, 1.82) is 0 Å². The fourth-order valence-electron chi connectivity index (χ4n) is 3.29. The van der Waals surface area contributed by atoms with Crippen LogP contribution in [0, 0.1) is 11.8 Å². The molecule has 0 N–H and O–H groups in total. The van der Waals surface area contributed by atoms with E-state index < -0.39 is 5.92 Å². The summed E-state index contributed by atoms with van der Waals surface area (Å²) < 4.78 is 7.03. The van der Waals surface area contributed by atoms with Gasteiger partial charge in [-0.05, 0) is 12.3 Å². The molecule has 7 nitrogen and oxygen atoms in total. The van der Waals surface area contributed by atoms with Crippen LogP contribution in [0.2, 0.25) is 0 Å². The first kappa shape index (κ1) is 19.4. The van der Waals surface area contributed by atoms with Crippen LogP contribution in [0.4, 0.5) is 0 Å². The molecule has 25 heavy (non-hydrogen) atoms. The van der Waals surface area contributed by atoms with E-state index in [4.69, 9.17) is 4.74 Å². The first-order valence-electron chi connectivity index (χ1n) is 8.87. The lowest BCUT2D eigenvalue weighted by Crippen LogP contribution is -2.39. The maximum absolute atomic E-state index is 13.0. The summed E-state index contributed by atoms with van der Waals surface area (Å²) in [4.78, 5) is 33.5. The molecule has 0 unspecified atom stereocenters. The second-order valence-corrected chi connectivity index (χ2v) is 7.17. The monoisotopic (exact) mass is 350 g/mol. The number of hydrogen-bond donors (Lipinski definition) is 0. The molecule has 1 saturated heterocycles. The summed E-state index contributed by atoms with van der Waals surface area (Å²) in [6, 6.07) is -0.336. The van der Waals surface area contributed by atoms with Crippen molar-refractivity contribution in [3.63, 3.8) is 0 Å². The smallest absolute Gasteiger partial charge is 0.228 e. The Labute approximate surface area is 149 Å². The predicted molar refractivity (Wildman–Crippen MR) is 94.7 cm³/mol. The number of aromatic nitrogens is 2. The van der Waals surface area contributed by atoms with Crippen molar-refractivity contribution in [3.05, 3.63) is 18.2 Å². The van der Waals surface area contributed by atoms with Gasteiger partial charge in [0.15, 0.2) is 0 Å². The highest BCUT2D eigenvalue weighted by atomic mass is 16.5. The molecule has 0 saturated carbocycles. The minimum atomic E-state index is -0.400. The molecule has 0 bridgehead atoms. The third-order valence-corrected chi connectivity index (χ3v) is 4.83. The second kappa shape index (κ2) is 8.47. The number of aryl methyl sites for hydroxylation is 1. The molecule has 0 radical (unpaired) electrons. The number of carbonyl (C=O) groups excluding carboxylic acids is 2. The van der Waals surface area contributed by atoms with E-state index in [0.29, 0.717) is 25.6 Å². The average molecular weight is 350 g/mol. The fraction of sp³-hybridized carbons (Fsp3) is 0.722. The first-order chi connectivity index (χ1) is 11.9. The maximum Gasteiger partial charge on any atom is 0.228 e. The zero-order valence-corrected chi connectivity index (χ0v) is 15.9. The Morgan fingerprint density at radius 2 is 2.20 bits per heavy atom. The minimum Gasteiger partial charge on any atom is -0.383 e. The van der Waals surface area contributed by atoms with E-state index in [1.54, 1.807) is 23.1 Å². The van der Waals surface area contributed by atoms with Gasteiger partial charge < -0.3 is 19.1 Å². The highest BCUT2D eigenvalue weighted by Crippen LogP contribution is 2.38. The van der Waals surface area contributed by atoms with Crippen molar-refractivity contribution in [1.82, 2.24) is 19.4 Å². The van der Waals surface area contributed by atoms with Crippen LogP contribution < -0.4 is 0 Å². The molecular weight excluding hydrogens is 320 g/mol. The molecule has 1 aromatic heterocycles. The number of nitrogens with zero attached hydrogens (tertiary/aromatic N) is 4. The van der Waals surface area contributed by atoms with Gasteiger partial charge in [0, 0.05) is 53.1 Å². The number of methoxy groups -OCH3 is 1. The maximum atomic E-state index is 13.0. The highest BCUT2D eigenvalue weighted by molar-refractivity contribution is 5.90. The Morgan fingerprint density at radius 3 is 2.76 bits per heavy atom. The van der Waals surface area contributed by atoms with E-state index in [1.807, 2.05) is 24.9 Å². The van der Waals surface area contributed by atoms with E-state index in [0.717, 1.165) is 12.2 Å². The molecule has 1 aliphatic rings. The average Bonchev–Trinajstić information content (AvgIpc) is 3.12. The summed E-state index contributed by atoms with van der Waals surface area (Å²) in [5.74, 6) is 0.881. The van der Waals surface area contributed by atoms with Crippen molar-refractivity contribution >= 4 is 11.8 Å². The van der Waals surface area contributed by atoms with Crippen molar-refractivity contribution in [2.75, 3.05) is 33.9 Å². The summed E-state index contributed by atoms with van der Waals surface area (Å²) in [7, 11) is 5.32. The molecule has 0 aromatic carbocycles. The van der Waals surface area contributed by atoms with Gasteiger partial charge in [0.25, 0.3) is 0 Å². The third-order valence-electron chi connectivity index (χ3n) is 4.83. The predicted octanol–water partition coefficient (Wildman–Crippen LogP) is 1.46. The van der Waals surface area contributed by atoms with Gasteiger partial charge in [0.05, 0.1) is 12.5 Å². The summed E-state index contributed by atoms with van der Waals surface area (Å²) in [5.41, 5.74) is 0. The van der Waals surface area contributed by atoms with Crippen LogP contribution in [0.1, 0.15) is 38.6 Å². The van der Waals surface area contributed by atoms with E-state index in [-0.39, 0.29) is 24.3 Å². The second-order valence-electron chi connectivity index (χ2n) is 7.17. The van der Waals surface area contributed by atoms with E-state index in [1.165, 1.54) is 0 Å². The van der Waals surface area contributed by atoms with E-state index in [9.17, 15) is 9.59 Å². The van der Waals surface area contributed by atoms with Crippen LogP contribution in [0.5, 0.6) is 0 Å². The highest BCUT2D eigenvalue weighted by Gasteiger charge is 2.46. The first-order valence-corrected chi connectivity index (χ1v) is 8.87. The topological polar surface area (TPSA) is 67.7 Å². The number of ether oxygens (including phenoxy) is 1. The number of hydrogen-bond acceptors (Lipinski definition) is 4. The molecular formula is C18H30N4O3. The molecule has 2 rings (SSSR count). The normalized spacial score (nSPS) is 20.6. The molecule has 1 aliphatic heterocycles. The van der Waals surface area contributed by atoms with Crippen LogP contribution in [0.3, 0.4) is 0 Å². The van der Waals surface area contributed by atoms with Crippen molar-refractivity contribution in [3.8, 4) is 0 Å². The van der Waals surface area contributed by atoms with Crippen molar-refractivity contribution in [2.24, 2.45) is 18.9 Å². The summed E-state index contributed by atoms with van der Waals surface area (Å²) in [5, 5.41) is 0. The zero-order valence-electron chi connectivity index (χ0n) is 15.9. The minimum absolute atomic E-state index is 0.0133. The number of carbonyl (C=O) groups is 2. The molecule has 1 fully saturated rings. The van der Waals surface area contributed by atoms with Gasteiger partial charge in [-0.25, -0.2) is 4.98 Å². The molecule has 0 spiro atoms. The van der Waals surface area contributed by atoms with Crippen LogP contribution in [0.25, 0.3) is 0 Å². The molecule has 2 heterocycles. The van der Waals surface area contributed by atoms with Gasteiger partial charge >= 0.3 is 0 Å².